The minimum Gasteiger partial charge on any atom is -0.488 e. The molecule has 0 aromatic heterocycles. The predicted molar refractivity (Wildman–Crippen MR) is 258 cm³/mol. The third-order valence-corrected chi connectivity index (χ3v) is 9.80. The maximum absolute atomic E-state index is 14.6. The van der Waals surface area contributed by atoms with E-state index in [2.05, 4.69) is 26.6 Å². The standard InChI is InChI=1S/C52H75N5O10/c1-33(2)28-41(48(62)67-52(11,12)13)55-46(60)42(32-65-50(5,6)7)56-45(59)39(30-36-24-26-38(27-25-36)66-51(8,9)10)53-44(58)40(29-35-20-16-14-17-21-35)54-47(61)43(34(3)4)57-49(63)64-31-37-22-18-15-19-23-37/h14-27,33-34,39-43H,28-32H2,1-13H3,(H,53,58)(H,54,61)(H,55,60)(H,56,59)(H,57,63)/t39-,40-,41-,42-,43-/m0/s1. The molecule has 15 nitrogen and oxygen atoms in total. The molecule has 0 radical (unpaired) electrons. The number of alkyl carbamates (subject to hydrolysis) is 1. The van der Waals surface area contributed by atoms with Crippen molar-refractivity contribution in [2.45, 2.75) is 163 Å². The molecule has 0 aliphatic carbocycles. The Morgan fingerprint density at radius 1 is 0.507 bits per heavy atom. The first-order valence-electron chi connectivity index (χ1n) is 23.1. The van der Waals surface area contributed by atoms with Gasteiger partial charge in [-0.25, -0.2) is 9.59 Å². The summed E-state index contributed by atoms with van der Waals surface area (Å²) < 4.78 is 23.1. The fraction of sp³-hybridized carbons (Fsp3) is 0.538. The second kappa shape index (κ2) is 25.3. The lowest BCUT2D eigenvalue weighted by atomic mass is 10.00. The zero-order valence-corrected chi connectivity index (χ0v) is 41.7. The van der Waals surface area contributed by atoms with Crippen molar-refractivity contribution in [3.05, 3.63) is 102 Å². The number of esters is 1. The molecule has 5 N–H and O–H groups in total. The zero-order chi connectivity index (χ0) is 50.1. The van der Waals surface area contributed by atoms with Crippen LogP contribution in [0.2, 0.25) is 0 Å². The predicted octanol–water partition coefficient (Wildman–Crippen LogP) is 6.74. The number of ether oxygens (including phenoxy) is 4. The molecule has 0 saturated carbocycles. The third kappa shape index (κ3) is 21.5. The van der Waals surface area contributed by atoms with Crippen molar-refractivity contribution in [2.24, 2.45) is 11.8 Å². The highest BCUT2D eigenvalue weighted by Gasteiger charge is 2.35. The largest absolute Gasteiger partial charge is 0.488 e. The van der Waals surface area contributed by atoms with E-state index in [-0.39, 0.29) is 38.4 Å². The van der Waals surface area contributed by atoms with Gasteiger partial charge in [0.15, 0.2) is 0 Å². The van der Waals surface area contributed by atoms with Gasteiger partial charge in [-0.2, -0.15) is 0 Å². The van der Waals surface area contributed by atoms with Gasteiger partial charge in [0.2, 0.25) is 23.6 Å². The summed E-state index contributed by atoms with van der Waals surface area (Å²) >= 11 is 0. The van der Waals surface area contributed by atoms with Gasteiger partial charge in [0.1, 0.15) is 53.8 Å². The minimum absolute atomic E-state index is 0.000784. The molecule has 5 amide bonds. The number of hydrogen-bond donors (Lipinski definition) is 5. The van der Waals surface area contributed by atoms with Gasteiger partial charge in [-0.1, -0.05) is 100 Å². The molecule has 0 aliphatic rings. The lowest BCUT2D eigenvalue weighted by Gasteiger charge is -2.30. The average Bonchev–Trinajstić information content (AvgIpc) is 3.22. The highest BCUT2D eigenvalue weighted by molar-refractivity contribution is 5.96. The SMILES string of the molecule is CC(C)C[C@H](NC(=O)[C@H](COC(C)(C)C)NC(=O)[C@H](Cc1ccc(OC(C)(C)C)cc1)NC(=O)[C@H](Cc1ccccc1)NC(=O)[C@@H](NC(=O)OCc1ccccc1)C(C)C)C(=O)OC(C)(C)C. The molecule has 0 unspecified atom stereocenters. The molecule has 15 heteroatoms. The Balaban J connectivity index is 2.00. The first-order valence-corrected chi connectivity index (χ1v) is 23.1. The van der Waals surface area contributed by atoms with Gasteiger partial charge in [-0.3, -0.25) is 19.2 Å². The maximum atomic E-state index is 14.6. The Kier molecular flexibility index (Phi) is 20.9. The topological polar surface area (TPSA) is 199 Å². The molecule has 368 valence electrons. The van der Waals surface area contributed by atoms with Gasteiger partial charge in [0, 0.05) is 12.8 Å². The van der Waals surface area contributed by atoms with Gasteiger partial charge in [-0.15, -0.1) is 0 Å². The Morgan fingerprint density at radius 2 is 0.970 bits per heavy atom. The number of amides is 5. The number of carbonyl (C=O) groups is 6. The number of carbonyl (C=O) groups excluding carboxylic acids is 6. The zero-order valence-electron chi connectivity index (χ0n) is 41.7. The second-order valence-electron chi connectivity index (χ2n) is 20.5. The van der Waals surface area contributed by atoms with Crippen LogP contribution in [0.1, 0.15) is 113 Å². The monoisotopic (exact) mass is 930 g/mol. The molecule has 3 rings (SSSR count). The van der Waals surface area contributed by atoms with Gasteiger partial charge < -0.3 is 45.5 Å². The van der Waals surface area contributed by atoms with Crippen LogP contribution in [-0.2, 0) is 57.6 Å². The van der Waals surface area contributed by atoms with Crippen molar-refractivity contribution < 1.29 is 47.7 Å². The smallest absolute Gasteiger partial charge is 0.408 e. The minimum atomic E-state index is -1.31. The van der Waals surface area contributed by atoms with E-state index in [4.69, 9.17) is 18.9 Å². The molecule has 0 aliphatic heterocycles. The number of rotatable bonds is 22. The Labute approximate surface area is 397 Å². The highest BCUT2D eigenvalue weighted by atomic mass is 16.6. The average molecular weight is 930 g/mol. The first-order chi connectivity index (χ1) is 31.2. The van der Waals surface area contributed by atoms with Crippen LogP contribution in [0.15, 0.2) is 84.9 Å². The van der Waals surface area contributed by atoms with Crippen LogP contribution in [0.4, 0.5) is 4.79 Å². The third-order valence-electron chi connectivity index (χ3n) is 9.80. The molecular formula is C52H75N5O10. The first kappa shape index (κ1) is 55.4. The maximum Gasteiger partial charge on any atom is 0.408 e. The molecule has 0 spiro atoms. The number of nitrogens with one attached hydrogen (secondary N) is 5. The van der Waals surface area contributed by atoms with Crippen molar-refractivity contribution in [3.63, 3.8) is 0 Å². The lowest BCUT2D eigenvalue weighted by molar-refractivity contribution is -0.159. The fourth-order valence-corrected chi connectivity index (χ4v) is 6.63. The van der Waals surface area contributed by atoms with Crippen LogP contribution in [0.3, 0.4) is 0 Å². The summed E-state index contributed by atoms with van der Waals surface area (Å²) in [6.45, 7) is 23.4. The summed E-state index contributed by atoms with van der Waals surface area (Å²) in [5, 5.41) is 13.9. The molecular weight excluding hydrogens is 855 g/mol. The highest BCUT2D eigenvalue weighted by Crippen LogP contribution is 2.20. The summed E-state index contributed by atoms with van der Waals surface area (Å²) in [5.74, 6) is -3.20. The quantitative estimate of drug-likeness (QED) is 0.0673. The van der Waals surface area contributed by atoms with E-state index in [1.165, 1.54) is 0 Å². The van der Waals surface area contributed by atoms with E-state index in [0.717, 1.165) is 5.56 Å². The molecule has 67 heavy (non-hydrogen) atoms. The van der Waals surface area contributed by atoms with Gasteiger partial charge in [0.25, 0.3) is 0 Å². The van der Waals surface area contributed by atoms with Crippen molar-refractivity contribution >= 4 is 35.7 Å². The number of benzene rings is 3. The van der Waals surface area contributed by atoms with Crippen molar-refractivity contribution in [1.29, 1.82) is 0 Å². The normalized spacial score (nSPS) is 14.1. The fourth-order valence-electron chi connectivity index (χ4n) is 6.63. The van der Waals surface area contributed by atoms with Crippen LogP contribution in [0, 0.1) is 11.8 Å². The van der Waals surface area contributed by atoms with E-state index in [9.17, 15) is 28.8 Å². The Morgan fingerprint density at radius 3 is 1.45 bits per heavy atom. The van der Waals surface area contributed by atoms with Crippen LogP contribution in [0.5, 0.6) is 5.75 Å². The molecule has 3 aromatic carbocycles. The van der Waals surface area contributed by atoms with E-state index < -0.39 is 88.6 Å². The Bertz CT molecular complexity index is 2060. The van der Waals surface area contributed by atoms with E-state index in [1.807, 2.05) is 58.9 Å². The summed E-state index contributed by atoms with van der Waals surface area (Å²) in [6.07, 6.45) is -0.550. The van der Waals surface area contributed by atoms with E-state index >= 15 is 0 Å². The van der Waals surface area contributed by atoms with E-state index in [1.54, 1.807) is 116 Å². The number of hydrogen-bond acceptors (Lipinski definition) is 10. The van der Waals surface area contributed by atoms with Crippen molar-refractivity contribution in [1.82, 2.24) is 26.6 Å². The van der Waals surface area contributed by atoms with Gasteiger partial charge in [0.05, 0.1) is 12.2 Å². The molecule has 0 heterocycles. The molecule has 5 atom stereocenters. The summed E-state index contributed by atoms with van der Waals surface area (Å²) in [5.41, 5.74) is 0.122. The van der Waals surface area contributed by atoms with Crippen LogP contribution in [0.25, 0.3) is 0 Å². The van der Waals surface area contributed by atoms with Crippen LogP contribution >= 0.6 is 0 Å². The molecule has 0 fully saturated rings. The van der Waals surface area contributed by atoms with Crippen molar-refractivity contribution in [3.8, 4) is 5.75 Å². The second-order valence-corrected chi connectivity index (χ2v) is 20.5. The van der Waals surface area contributed by atoms with Crippen LogP contribution < -0.4 is 31.3 Å². The summed E-state index contributed by atoms with van der Waals surface area (Å²) in [4.78, 5) is 83.7. The summed E-state index contributed by atoms with van der Waals surface area (Å²) in [6, 6.07) is 19.2. The van der Waals surface area contributed by atoms with Gasteiger partial charge in [-0.05, 0) is 109 Å². The van der Waals surface area contributed by atoms with Gasteiger partial charge >= 0.3 is 12.1 Å². The van der Waals surface area contributed by atoms with Crippen molar-refractivity contribution in [2.75, 3.05) is 6.61 Å². The summed E-state index contributed by atoms with van der Waals surface area (Å²) in [7, 11) is 0. The molecule has 0 saturated heterocycles. The lowest BCUT2D eigenvalue weighted by Crippen LogP contribution is -2.61. The van der Waals surface area contributed by atoms with Crippen LogP contribution in [-0.4, -0.2) is 89.3 Å². The molecule has 0 bridgehead atoms. The van der Waals surface area contributed by atoms with E-state index in [0.29, 0.717) is 16.9 Å². The molecule has 3 aromatic rings. The Hall–Kier alpha value is -5.96.